The van der Waals surface area contributed by atoms with Gasteiger partial charge >= 0.3 is 0 Å². The number of rotatable bonds is 1. The molecule has 0 aromatic carbocycles. The first-order chi connectivity index (χ1) is 5.57. The molecule has 0 spiro atoms. The molecule has 0 aliphatic carbocycles. The number of hydrogen-bond donors (Lipinski definition) is 3. The van der Waals surface area contributed by atoms with Crippen LogP contribution in [-0.2, 0) is 4.74 Å². The van der Waals surface area contributed by atoms with E-state index in [2.05, 4.69) is 0 Å². The Morgan fingerprint density at radius 3 is 2.25 bits per heavy atom. The van der Waals surface area contributed by atoms with E-state index in [-0.39, 0.29) is 18.6 Å². The van der Waals surface area contributed by atoms with E-state index in [1.807, 2.05) is 13.8 Å². The lowest BCUT2D eigenvalue weighted by atomic mass is 9.89. The van der Waals surface area contributed by atoms with Crippen molar-refractivity contribution in [3.8, 4) is 0 Å². The van der Waals surface area contributed by atoms with Crippen molar-refractivity contribution in [3.05, 3.63) is 0 Å². The lowest BCUT2D eigenvalue weighted by Crippen LogP contribution is -2.53. The van der Waals surface area contributed by atoms with E-state index in [0.29, 0.717) is 0 Å². The smallest absolute Gasteiger partial charge is 0.109 e. The van der Waals surface area contributed by atoms with E-state index in [1.54, 1.807) is 0 Å². The Balaban J connectivity index is 2.63. The van der Waals surface area contributed by atoms with Gasteiger partial charge < -0.3 is 20.1 Å². The third-order valence-corrected chi connectivity index (χ3v) is 2.58. The zero-order valence-corrected chi connectivity index (χ0v) is 7.34. The molecule has 0 saturated carbocycles. The van der Waals surface area contributed by atoms with Crippen LogP contribution in [-0.4, -0.2) is 46.3 Å². The van der Waals surface area contributed by atoms with Crippen LogP contribution in [0.5, 0.6) is 0 Å². The second-order valence-electron chi connectivity index (χ2n) is 3.40. The molecule has 0 amide bonds. The third-order valence-electron chi connectivity index (χ3n) is 2.58. The Bertz CT molecular complexity index is 145. The third kappa shape index (κ3) is 1.61. The van der Waals surface area contributed by atoms with Crippen LogP contribution in [0, 0.1) is 5.92 Å². The van der Waals surface area contributed by atoms with Crippen molar-refractivity contribution in [3.63, 3.8) is 0 Å². The van der Waals surface area contributed by atoms with Gasteiger partial charge in [-0.15, -0.1) is 0 Å². The zero-order valence-electron chi connectivity index (χ0n) is 7.34. The van der Waals surface area contributed by atoms with Crippen molar-refractivity contribution in [2.75, 3.05) is 6.61 Å². The van der Waals surface area contributed by atoms with Crippen LogP contribution in [0.25, 0.3) is 0 Å². The summed E-state index contributed by atoms with van der Waals surface area (Å²) in [5.41, 5.74) is 0. The maximum atomic E-state index is 9.48. The molecule has 4 heteroatoms. The summed E-state index contributed by atoms with van der Waals surface area (Å²) in [6.45, 7) is 3.38. The van der Waals surface area contributed by atoms with Gasteiger partial charge in [0.05, 0.1) is 18.8 Å². The Morgan fingerprint density at radius 1 is 1.17 bits per heavy atom. The van der Waals surface area contributed by atoms with Gasteiger partial charge in [0, 0.05) is 5.92 Å². The van der Waals surface area contributed by atoms with E-state index >= 15 is 0 Å². The highest BCUT2D eigenvalue weighted by atomic mass is 16.5. The minimum Gasteiger partial charge on any atom is -0.394 e. The molecule has 3 N–H and O–H groups in total. The van der Waals surface area contributed by atoms with Gasteiger partial charge in [0.1, 0.15) is 12.2 Å². The summed E-state index contributed by atoms with van der Waals surface area (Å²) in [5.74, 6) is -0.0946. The van der Waals surface area contributed by atoms with Crippen molar-refractivity contribution in [2.45, 2.75) is 38.3 Å². The average Bonchev–Trinajstić information content (AvgIpc) is 2.08. The maximum absolute atomic E-state index is 9.48. The molecule has 1 saturated heterocycles. The summed E-state index contributed by atoms with van der Waals surface area (Å²) < 4.78 is 5.27. The molecule has 5 atom stereocenters. The molecule has 4 nitrogen and oxygen atoms in total. The van der Waals surface area contributed by atoms with Crippen LogP contribution >= 0.6 is 0 Å². The van der Waals surface area contributed by atoms with Crippen LogP contribution in [0.15, 0.2) is 0 Å². The fraction of sp³-hybridized carbons (Fsp3) is 1.00. The van der Waals surface area contributed by atoms with Gasteiger partial charge in [-0.2, -0.15) is 0 Å². The van der Waals surface area contributed by atoms with Gasteiger partial charge in [-0.1, -0.05) is 6.92 Å². The summed E-state index contributed by atoms with van der Waals surface area (Å²) in [6.07, 6.45) is -2.54. The summed E-state index contributed by atoms with van der Waals surface area (Å²) in [7, 11) is 0. The van der Waals surface area contributed by atoms with Crippen LogP contribution in [0.3, 0.4) is 0 Å². The van der Waals surface area contributed by atoms with Crippen molar-refractivity contribution in [1.29, 1.82) is 0 Å². The van der Waals surface area contributed by atoms with E-state index < -0.39 is 18.3 Å². The SMILES string of the molecule is CC1C(O)[C@@H](O)[C@H](CO)O[C@H]1C. The molecular formula is C8H16O4. The number of ether oxygens (including phenoxy) is 1. The minimum absolute atomic E-state index is 0.0946. The largest absolute Gasteiger partial charge is 0.394 e. The standard InChI is InChI=1S/C8H16O4/c1-4-5(2)12-6(3-9)8(11)7(4)10/h4-11H,3H2,1-2H3/t4?,5-,6-,7?,8-/m0/s1. The van der Waals surface area contributed by atoms with Crippen LogP contribution < -0.4 is 0 Å². The van der Waals surface area contributed by atoms with E-state index in [4.69, 9.17) is 9.84 Å². The monoisotopic (exact) mass is 176 g/mol. The van der Waals surface area contributed by atoms with Gasteiger partial charge in [-0.3, -0.25) is 0 Å². The Hall–Kier alpha value is -0.160. The first-order valence-corrected chi connectivity index (χ1v) is 4.20. The van der Waals surface area contributed by atoms with Crippen LogP contribution in [0.1, 0.15) is 13.8 Å². The highest BCUT2D eigenvalue weighted by molar-refractivity contribution is 4.87. The highest BCUT2D eigenvalue weighted by Crippen LogP contribution is 2.25. The predicted octanol–water partition coefficient (Wildman–Crippen LogP) is -0.876. The molecule has 1 rings (SSSR count). The molecule has 1 aliphatic rings. The summed E-state index contributed by atoms with van der Waals surface area (Å²) in [4.78, 5) is 0. The van der Waals surface area contributed by atoms with E-state index in [0.717, 1.165) is 0 Å². The fourth-order valence-electron chi connectivity index (χ4n) is 1.44. The first kappa shape index (κ1) is 9.92. The van der Waals surface area contributed by atoms with Gasteiger partial charge in [0.2, 0.25) is 0 Å². The fourth-order valence-corrected chi connectivity index (χ4v) is 1.44. The molecule has 0 aromatic heterocycles. The quantitative estimate of drug-likeness (QED) is 0.485. The van der Waals surface area contributed by atoms with Gasteiger partial charge in [0.25, 0.3) is 0 Å². The molecule has 0 aromatic rings. The Kier molecular flexibility index (Phi) is 3.06. The van der Waals surface area contributed by atoms with E-state index in [9.17, 15) is 10.2 Å². The number of aliphatic hydroxyl groups is 3. The lowest BCUT2D eigenvalue weighted by molar-refractivity contribution is -0.200. The summed E-state index contributed by atoms with van der Waals surface area (Å²) in [6, 6.07) is 0. The normalized spacial score (nSPS) is 49.2. The maximum Gasteiger partial charge on any atom is 0.109 e. The van der Waals surface area contributed by atoms with Crippen molar-refractivity contribution in [2.24, 2.45) is 5.92 Å². The lowest BCUT2D eigenvalue weighted by Gasteiger charge is -2.39. The second kappa shape index (κ2) is 3.70. The molecule has 2 unspecified atom stereocenters. The predicted molar refractivity (Wildman–Crippen MR) is 42.6 cm³/mol. The molecule has 1 aliphatic heterocycles. The Morgan fingerprint density at radius 2 is 1.75 bits per heavy atom. The number of aliphatic hydroxyl groups excluding tert-OH is 3. The average molecular weight is 176 g/mol. The van der Waals surface area contributed by atoms with Crippen LogP contribution in [0.2, 0.25) is 0 Å². The Labute approximate surface area is 71.8 Å². The topological polar surface area (TPSA) is 69.9 Å². The first-order valence-electron chi connectivity index (χ1n) is 4.20. The second-order valence-corrected chi connectivity index (χ2v) is 3.40. The summed E-state index contributed by atoms with van der Waals surface area (Å²) in [5, 5.41) is 27.7. The minimum atomic E-state index is -0.971. The van der Waals surface area contributed by atoms with Crippen molar-refractivity contribution >= 4 is 0 Å². The summed E-state index contributed by atoms with van der Waals surface area (Å²) >= 11 is 0. The molecule has 1 fully saturated rings. The van der Waals surface area contributed by atoms with Gasteiger partial charge in [-0.05, 0) is 6.92 Å². The molecule has 0 radical (unpaired) electrons. The number of hydrogen-bond acceptors (Lipinski definition) is 4. The van der Waals surface area contributed by atoms with E-state index in [1.165, 1.54) is 0 Å². The molecule has 12 heavy (non-hydrogen) atoms. The molecule has 72 valence electrons. The highest BCUT2D eigenvalue weighted by Gasteiger charge is 2.39. The van der Waals surface area contributed by atoms with Gasteiger partial charge in [-0.25, -0.2) is 0 Å². The van der Waals surface area contributed by atoms with Crippen molar-refractivity contribution in [1.82, 2.24) is 0 Å². The molecular weight excluding hydrogens is 160 g/mol. The molecule has 0 bridgehead atoms. The van der Waals surface area contributed by atoms with Gasteiger partial charge in [0.15, 0.2) is 0 Å². The zero-order chi connectivity index (χ0) is 9.30. The molecule has 1 heterocycles. The van der Waals surface area contributed by atoms with Crippen LogP contribution in [0.4, 0.5) is 0 Å². The van der Waals surface area contributed by atoms with Crippen molar-refractivity contribution < 1.29 is 20.1 Å².